The lowest BCUT2D eigenvalue weighted by atomic mass is 9.94. The normalized spacial score (nSPS) is 14.2. The zero-order valence-electron chi connectivity index (χ0n) is 9.85. The van der Waals surface area contributed by atoms with Crippen molar-refractivity contribution < 1.29 is 9.50 Å². The summed E-state index contributed by atoms with van der Waals surface area (Å²) in [5.41, 5.74) is 1.37. The van der Waals surface area contributed by atoms with Crippen LogP contribution in [-0.4, -0.2) is 10.1 Å². The predicted octanol–water partition coefficient (Wildman–Crippen LogP) is 3.71. The van der Waals surface area contributed by atoms with E-state index in [0.717, 1.165) is 5.69 Å². The molecule has 2 unspecified atom stereocenters. The molecular formula is C14H13ClFNO. The van der Waals surface area contributed by atoms with E-state index in [4.69, 9.17) is 11.6 Å². The third-order valence-electron chi connectivity index (χ3n) is 2.91. The van der Waals surface area contributed by atoms with Gasteiger partial charge in [-0.15, -0.1) is 0 Å². The maximum Gasteiger partial charge on any atom is 0.141 e. The molecule has 0 fully saturated rings. The van der Waals surface area contributed by atoms with Crippen LogP contribution < -0.4 is 0 Å². The van der Waals surface area contributed by atoms with Gasteiger partial charge in [0.2, 0.25) is 0 Å². The fourth-order valence-corrected chi connectivity index (χ4v) is 1.98. The summed E-state index contributed by atoms with van der Waals surface area (Å²) in [5.74, 6) is -0.675. The molecule has 1 aromatic heterocycles. The van der Waals surface area contributed by atoms with E-state index in [1.165, 1.54) is 18.2 Å². The summed E-state index contributed by atoms with van der Waals surface area (Å²) in [6.45, 7) is 1.87. The topological polar surface area (TPSA) is 33.1 Å². The van der Waals surface area contributed by atoms with Gasteiger partial charge in [-0.1, -0.05) is 30.7 Å². The quantitative estimate of drug-likeness (QED) is 0.918. The minimum atomic E-state index is -0.766. The number of nitrogens with zero attached hydrogens (tertiary/aromatic N) is 1. The number of halogens is 2. The molecule has 1 heterocycles. The van der Waals surface area contributed by atoms with Crippen LogP contribution in [-0.2, 0) is 0 Å². The molecule has 0 aliphatic heterocycles. The highest BCUT2D eigenvalue weighted by atomic mass is 35.5. The highest BCUT2D eigenvalue weighted by Crippen LogP contribution is 2.31. The van der Waals surface area contributed by atoms with Crippen molar-refractivity contribution in [3.63, 3.8) is 0 Å². The number of aliphatic hydroxyl groups excluding tert-OH is 1. The van der Waals surface area contributed by atoms with Gasteiger partial charge in [-0.2, -0.15) is 0 Å². The second kappa shape index (κ2) is 5.46. The Morgan fingerprint density at radius 3 is 2.67 bits per heavy atom. The summed E-state index contributed by atoms with van der Waals surface area (Å²) in [4.78, 5) is 4.20. The Balaban J connectivity index is 2.25. The first-order valence-corrected chi connectivity index (χ1v) is 6.01. The van der Waals surface area contributed by atoms with Crippen molar-refractivity contribution in [3.8, 4) is 0 Å². The van der Waals surface area contributed by atoms with Crippen LogP contribution in [0.4, 0.5) is 4.39 Å². The summed E-state index contributed by atoms with van der Waals surface area (Å²) in [5, 5.41) is 10.3. The third-order valence-corrected chi connectivity index (χ3v) is 3.20. The third kappa shape index (κ3) is 2.68. The largest absolute Gasteiger partial charge is 0.388 e. The minimum Gasteiger partial charge on any atom is -0.388 e. The Morgan fingerprint density at radius 2 is 2.06 bits per heavy atom. The van der Waals surface area contributed by atoms with Gasteiger partial charge < -0.3 is 5.11 Å². The lowest BCUT2D eigenvalue weighted by molar-refractivity contribution is 0.150. The number of rotatable bonds is 3. The predicted molar refractivity (Wildman–Crippen MR) is 69.0 cm³/mol. The van der Waals surface area contributed by atoms with E-state index in [1.54, 1.807) is 6.20 Å². The van der Waals surface area contributed by atoms with Gasteiger partial charge >= 0.3 is 0 Å². The van der Waals surface area contributed by atoms with Crippen LogP contribution in [0.5, 0.6) is 0 Å². The molecule has 94 valence electrons. The van der Waals surface area contributed by atoms with Crippen LogP contribution in [0, 0.1) is 5.82 Å². The van der Waals surface area contributed by atoms with Crippen molar-refractivity contribution in [2.24, 2.45) is 0 Å². The van der Waals surface area contributed by atoms with Crippen molar-refractivity contribution in [2.45, 2.75) is 18.9 Å². The maximum atomic E-state index is 13.1. The van der Waals surface area contributed by atoms with Crippen molar-refractivity contribution in [1.29, 1.82) is 0 Å². The average molecular weight is 266 g/mol. The Hall–Kier alpha value is -1.45. The van der Waals surface area contributed by atoms with Crippen LogP contribution in [0.2, 0.25) is 5.02 Å². The van der Waals surface area contributed by atoms with Gasteiger partial charge in [-0.25, -0.2) is 4.39 Å². The van der Waals surface area contributed by atoms with Gasteiger partial charge in [0.15, 0.2) is 0 Å². The molecule has 2 nitrogen and oxygen atoms in total. The molecule has 0 aliphatic carbocycles. The second-order valence-electron chi connectivity index (χ2n) is 4.16. The van der Waals surface area contributed by atoms with Crippen LogP contribution in [0.15, 0.2) is 42.6 Å². The first-order valence-electron chi connectivity index (χ1n) is 5.63. The average Bonchev–Trinajstić information content (AvgIpc) is 2.41. The molecule has 1 N–H and O–H groups in total. The van der Waals surface area contributed by atoms with E-state index in [2.05, 4.69) is 4.98 Å². The monoisotopic (exact) mass is 265 g/mol. The van der Waals surface area contributed by atoms with Gasteiger partial charge in [0.1, 0.15) is 5.82 Å². The van der Waals surface area contributed by atoms with E-state index in [-0.39, 0.29) is 10.9 Å². The van der Waals surface area contributed by atoms with E-state index >= 15 is 0 Å². The SMILES string of the molecule is CC(c1ccccn1)C(O)c1ccc(F)c(Cl)c1. The lowest BCUT2D eigenvalue weighted by Crippen LogP contribution is -2.09. The van der Waals surface area contributed by atoms with Gasteiger partial charge in [-0.05, 0) is 29.8 Å². The number of hydrogen-bond donors (Lipinski definition) is 1. The molecule has 0 radical (unpaired) electrons. The first-order chi connectivity index (χ1) is 8.59. The summed E-state index contributed by atoms with van der Waals surface area (Å²) in [7, 11) is 0. The Bertz CT molecular complexity index is 533. The van der Waals surface area contributed by atoms with E-state index in [1.807, 2.05) is 25.1 Å². The fourth-order valence-electron chi connectivity index (χ4n) is 1.79. The van der Waals surface area contributed by atoms with Gasteiger partial charge in [-0.3, -0.25) is 4.98 Å². The molecule has 0 saturated heterocycles. The lowest BCUT2D eigenvalue weighted by Gasteiger charge is -2.19. The summed E-state index contributed by atoms with van der Waals surface area (Å²) >= 11 is 5.71. The van der Waals surface area contributed by atoms with Gasteiger partial charge in [0.25, 0.3) is 0 Å². The summed E-state index contributed by atoms with van der Waals surface area (Å²) < 4.78 is 13.1. The maximum absolute atomic E-state index is 13.1. The van der Waals surface area contributed by atoms with Gasteiger partial charge in [0, 0.05) is 17.8 Å². The van der Waals surface area contributed by atoms with E-state index in [9.17, 15) is 9.50 Å². The van der Waals surface area contributed by atoms with Crippen molar-refractivity contribution >= 4 is 11.6 Å². The second-order valence-corrected chi connectivity index (χ2v) is 4.57. The smallest absolute Gasteiger partial charge is 0.141 e. The van der Waals surface area contributed by atoms with Crippen molar-refractivity contribution in [2.75, 3.05) is 0 Å². The number of benzene rings is 1. The zero-order chi connectivity index (χ0) is 13.1. The molecule has 2 aromatic rings. The molecule has 0 spiro atoms. The molecule has 18 heavy (non-hydrogen) atoms. The highest BCUT2D eigenvalue weighted by molar-refractivity contribution is 6.30. The van der Waals surface area contributed by atoms with E-state index < -0.39 is 11.9 Å². The van der Waals surface area contributed by atoms with Gasteiger partial charge in [0.05, 0.1) is 11.1 Å². The molecule has 0 bridgehead atoms. The number of aliphatic hydroxyl groups is 1. The molecule has 2 atom stereocenters. The van der Waals surface area contributed by atoms with Crippen molar-refractivity contribution in [3.05, 3.63) is 64.7 Å². The van der Waals surface area contributed by atoms with Crippen LogP contribution >= 0.6 is 11.6 Å². The standard InChI is InChI=1S/C14H13ClFNO/c1-9(13-4-2-3-7-17-13)14(18)10-5-6-12(16)11(15)8-10/h2-9,14,18H,1H3. The minimum absolute atomic E-state index is 0.0137. The molecule has 0 amide bonds. The Labute approximate surface area is 110 Å². The highest BCUT2D eigenvalue weighted by Gasteiger charge is 2.19. The molecule has 0 aliphatic rings. The molecule has 4 heteroatoms. The number of hydrogen-bond acceptors (Lipinski definition) is 2. The van der Waals surface area contributed by atoms with E-state index in [0.29, 0.717) is 5.56 Å². The molecule has 0 saturated carbocycles. The number of aromatic nitrogens is 1. The number of pyridine rings is 1. The Kier molecular flexibility index (Phi) is 3.94. The molecule has 2 rings (SSSR count). The van der Waals surface area contributed by atoms with Crippen LogP contribution in [0.25, 0.3) is 0 Å². The summed E-state index contributed by atoms with van der Waals surface area (Å²) in [6.07, 6.45) is 0.911. The van der Waals surface area contributed by atoms with Crippen LogP contribution in [0.3, 0.4) is 0 Å². The fraction of sp³-hybridized carbons (Fsp3) is 0.214. The zero-order valence-corrected chi connectivity index (χ0v) is 10.6. The summed E-state index contributed by atoms with van der Waals surface area (Å²) in [6, 6.07) is 9.76. The molecular weight excluding hydrogens is 253 g/mol. The first kappa shape index (κ1) is 13.0. The Morgan fingerprint density at radius 1 is 1.28 bits per heavy atom. The van der Waals surface area contributed by atoms with Crippen LogP contribution in [0.1, 0.15) is 30.2 Å². The van der Waals surface area contributed by atoms with Crippen molar-refractivity contribution in [1.82, 2.24) is 4.98 Å². The molecule has 1 aromatic carbocycles.